The van der Waals surface area contributed by atoms with E-state index < -0.39 is 6.09 Å². The number of alkyl carbamates (subject to hydrolysis) is 1. The number of ether oxygens (including phenoxy) is 2. The van der Waals surface area contributed by atoms with Crippen LogP contribution in [-0.4, -0.2) is 43.2 Å². The van der Waals surface area contributed by atoms with E-state index in [1.165, 1.54) is 6.21 Å². The topological polar surface area (TPSA) is 101 Å². The molecule has 1 saturated carbocycles. The Morgan fingerprint density at radius 2 is 2.04 bits per heavy atom. The van der Waals surface area contributed by atoms with Gasteiger partial charge in [-0.1, -0.05) is 44.2 Å². The SMILES string of the molecule is CC(C)COC(=O)CN=C1CCCC(NC(=O)OCc2ccccc2)C1C=N. The van der Waals surface area contributed by atoms with Gasteiger partial charge in [-0.3, -0.25) is 9.79 Å². The number of nitrogens with zero attached hydrogens (tertiary/aromatic N) is 1. The highest BCUT2D eigenvalue weighted by Gasteiger charge is 2.30. The van der Waals surface area contributed by atoms with Crippen molar-refractivity contribution in [1.82, 2.24) is 5.32 Å². The summed E-state index contributed by atoms with van der Waals surface area (Å²) in [6.07, 6.45) is 3.03. The number of benzene rings is 1. The fourth-order valence-corrected chi connectivity index (χ4v) is 3.03. The molecule has 1 aliphatic rings. The maximum absolute atomic E-state index is 12.1. The largest absolute Gasteiger partial charge is 0.464 e. The Labute approximate surface area is 166 Å². The summed E-state index contributed by atoms with van der Waals surface area (Å²) < 4.78 is 10.4. The molecule has 2 rings (SSSR count). The monoisotopic (exact) mass is 387 g/mol. The Morgan fingerprint density at radius 1 is 1.29 bits per heavy atom. The molecule has 7 heteroatoms. The van der Waals surface area contributed by atoms with Crippen LogP contribution in [0.1, 0.15) is 38.7 Å². The Bertz CT molecular complexity index is 688. The first-order valence-corrected chi connectivity index (χ1v) is 9.66. The van der Waals surface area contributed by atoms with E-state index in [2.05, 4.69) is 10.3 Å². The average Bonchev–Trinajstić information content (AvgIpc) is 2.70. The van der Waals surface area contributed by atoms with Crippen LogP contribution in [-0.2, 0) is 20.9 Å². The molecular weight excluding hydrogens is 358 g/mol. The lowest BCUT2D eigenvalue weighted by Gasteiger charge is -2.30. The lowest BCUT2D eigenvalue weighted by molar-refractivity contribution is -0.142. The van der Waals surface area contributed by atoms with Gasteiger partial charge in [0, 0.05) is 18.0 Å². The van der Waals surface area contributed by atoms with E-state index in [4.69, 9.17) is 14.9 Å². The Hall–Kier alpha value is -2.70. The second-order valence-electron chi connectivity index (χ2n) is 7.28. The van der Waals surface area contributed by atoms with E-state index in [0.717, 1.165) is 24.1 Å². The smallest absolute Gasteiger partial charge is 0.407 e. The zero-order chi connectivity index (χ0) is 20.4. The molecule has 1 aromatic rings. The van der Waals surface area contributed by atoms with Gasteiger partial charge in [-0.25, -0.2) is 4.79 Å². The van der Waals surface area contributed by atoms with Gasteiger partial charge in [-0.05, 0) is 30.7 Å². The molecule has 0 saturated heterocycles. The first kappa shape index (κ1) is 21.6. The van der Waals surface area contributed by atoms with Crippen molar-refractivity contribution in [2.45, 2.75) is 45.8 Å². The molecule has 2 unspecified atom stereocenters. The molecule has 0 radical (unpaired) electrons. The first-order valence-electron chi connectivity index (χ1n) is 9.66. The molecule has 7 nitrogen and oxygen atoms in total. The van der Waals surface area contributed by atoms with Gasteiger partial charge < -0.3 is 20.2 Å². The molecule has 0 spiro atoms. The van der Waals surface area contributed by atoms with Crippen molar-refractivity contribution in [3.8, 4) is 0 Å². The molecule has 28 heavy (non-hydrogen) atoms. The van der Waals surface area contributed by atoms with E-state index in [1.807, 2.05) is 44.2 Å². The van der Waals surface area contributed by atoms with Crippen molar-refractivity contribution in [2.24, 2.45) is 16.8 Å². The lowest BCUT2D eigenvalue weighted by atomic mass is 9.83. The van der Waals surface area contributed by atoms with Gasteiger partial charge >= 0.3 is 12.1 Å². The van der Waals surface area contributed by atoms with Gasteiger partial charge in [-0.2, -0.15) is 0 Å². The van der Waals surface area contributed by atoms with Gasteiger partial charge in [-0.15, -0.1) is 0 Å². The third-order valence-electron chi connectivity index (χ3n) is 4.45. The number of hydrogen-bond donors (Lipinski definition) is 2. The quantitative estimate of drug-likeness (QED) is 0.527. The molecule has 1 amide bonds. The summed E-state index contributed by atoms with van der Waals surface area (Å²) in [6, 6.07) is 9.18. The number of amides is 1. The van der Waals surface area contributed by atoms with Crippen LogP contribution >= 0.6 is 0 Å². The lowest BCUT2D eigenvalue weighted by Crippen LogP contribution is -2.46. The van der Waals surface area contributed by atoms with E-state index >= 15 is 0 Å². The van der Waals surface area contributed by atoms with E-state index in [9.17, 15) is 9.59 Å². The predicted molar refractivity (Wildman–Crippen MR) is 108 cm³/mol. The number of aliphatic imine (C=N–C) groups is 1. The minimum absolute atomic E-state index is 0.0580. The van der Waals surface area contributed by atoms with Crippen molar-refractivity contribution in [3.05, 3.63) is 35.9 Å². The fraction of sp³-hybridized carbons (Fsp3) is 0.524. The molecule has 2 atom stereocenters. The second kappa shape index (κ2) is 11.2. The molecule has 1 fully saturated rings. The zero-order valence-corrected chi connectivity index (χ0v) is 16.5. The third-order valence-corrected chi connectivity index (χ3v) is 4.45. The molecule has 1 aliphatic carbocycles. The summed E-state index contributed by atoms with van der Waals surface area (Å²) in [7, 11) is 0. The minimum atomic E-state index is -0.515. The first-order chi connectivity index (χ1) is 13.5. The van der Waals surface area contributed by atoms with E-state index in [-0.39, 0.29) is 37.0 Å². The highest BCUT2D eigenvalue weighted by Crippen LogP contribution is 2.22. The summed E-state index contributed by atoms with van der Waals surface area (Å²) >= 11 is 0. The summed E-state index contributed by atoms with van der Waals surface area (Å²) in [5.74, 6) is -0.436. The molecule has 0 bridgehead atoms. The normalized spacial score (nSPS) is 20.6. The van der Waals surface area contributed by atoms with Crippen LogP contribution < -0.4 is 5.32 Å². The van der Waals surface area contributed by atoms with Crippen molar-refractivity contribution in [1.29, 1.82) is 5.41 Å². The molecule has 1 aromatic carbocycles. The molecule has 0 heterocycles. The van der Waals surface area contributed by atoms with Gasteiger partial charge in [0.1, 0.15) is 13.2 Å². The molecule has 0 aliphatic heterocycles. The second-order valence-corrected chi connectivity index (χ2v) is 7.28. The predicted octanol–water partition coefficient (Wildman–Crippen LogP) is 3.37. The fourth-order valence-electron chi connectivity index (χ4n) is 3.03. The number of carbonyl (C=O) groups is 2. The summed E-state index contributed by atoms with van der Waals surface area (Å²) in [6.45, 7) is 4.45. The van der Waals surface area contributed by atoms with Crippen molar-refractivity contribution < 1.29 is 19.1 Å². The van der Waals surface area contributed by atoms with Crippen LogP contribution in [0.15, 0.2) is 35.3 Å². The van der Waals surface area contributed by atoms with E-state index in [0.29, 0.717) is 13.0 Å². The Morgan fingerprint density at radius 3 is 2.71 bits per heavy atom. The minimum Gasteiger partial charge on any atom is -0.464 e. The Kier molecular flexibility index (Phi) is 8.65. The molecule has 2 N–H and O–H groups in total. The van der Waals surface area contributed by atoms with Crippen LogP contribution in [0.25, 0.3) is 0 Å². The average molecular weight is 387 g/mol. The molecule has 0 aromatic heterocycles. The van der Waals surface area contributed by atoms with Crippen molar-refractivity contribution in [3.63, 3.8) is 0 Å². The standard InChI is InChI=1S/C21H29N3O4/c1-15(2)13-27-20(25)12-23-18-9-6-10-19(17(18)11-22)24-21(26)28-14-16-7-4-3-5-8-16/h3-5,7-8,11,15,17,19,22H,6,9-10,12-14H2,1-2H3,(H,24,26). The van der Waals surface area contributed by atoms with Gasteiger partial charge in [0.15, 0.2) is 0 Å². The number of nitrogens with one attached hydrogen (secondary N) is 2. The summed E-state index contributed by atoms with van der Waals surface area (Å²) in [5, 5.41) is 10.6. The number of rotatable bonds is 8. The molecular formula is C21H29N3O4. The van der Waals surface area contributed by atoms with Gasteiger partial charge in [0.25, 0.3) is 0 Å². The number of esters is 1. The van der Waals surface area contributed by atoms with Crippen molar-refractivity contribution >= 4 is 24.0 Å². The number of hydrogen-bond acceptors (Lipinski definition) is 6. The maximum Gasteiger partial charge on any atom is 0.407 e. The van der Waals surface area contributed by atoms with Gasteiger partial charge in [0.05, 0.1) is 12.5 Å². The summed E-state index contributed by atoms with van der Waals surface area (Å²) in [5.41, 5.74) is 1.66. The van der Waals surface area contributed by atoms with E-state index in [1.54, 1.807) is 0 Å². The van der Waals surface area contributed by atoms with Gasteiger partial charge in [0.2, 0.25) is 0 Å². The van der Waals surface area contributed by atoms with Crippen LogP contribution in [0, 0.1) is 17.2 Å². The number of carbonyl (C=O) groups excluding carboxylic acids is 2. The zero-order valence-electron chi connectivity index (χ0n) is 16.5. The van der Waals surface area contributed by atoms with Crippen LogP contribution in [0.4, 0.5) is 4.79 Å². The Balaban J connectivity index is 1.88. The van der Waals surface area contributed by atoms with Crippen LogP contribution in [0.3, 0.4) is 0 Å². The van der Waals surface area contributed by atoms with Crippen LogP contribution in [0.2, 0.25) is 0 Å². The highest BCUT2D eigenvalue weighted by atomic mass is 16.5. The maximum atomic E-state index is 12.1. The highest BCUT2D eigenvalue weighted by molar-refractivity contribution is 6.00. The van der Waals surface area contributed by atoms with Crippen molar-refractivity contribution in [2.75, 3.05) is 13.2 Å². The third kappa shape index (κ3) is 7.13. The summed E-state index contributed by atoms with van der Waals surface area (Å²) in [4.78, 5) is 28.3. The van der Waals surface area contributed by atoms with Crippen LogP contribution in [0.5, 0.6) is 0 Å². The molecule has 152 valence electrons.